The molecule has 2 aromatic carbocycles. The van der Waals surface area contributed by atoms with Gasteiger partial charge >= 0.3 is 0 Å². The van der Waals surface area contributed by atoms with E-state index < -0.39 is 55.0 Å². The van der Waals surface area contributed by atoms with Crippen LogP contribution in [0.25, 0.3) is 0 Å². The van der Waals surface area contributed by atoms with Gasteiger partial charge in [0.1, 0.15) is 16.4 Å². The van der Waals surface area contributed by atoms with Gasteiger partial charge in [0.25, 0.3) is 21.8 Å². The van der Waals surface area contributed by atoms with Crippen molar-refractivity contribution in [2.24, 2.45) is 0 Å². The summed E-state index contributed by atoms with van der Waals surface area (Å²) in [7, 11) is -2.33. The Bertz CT molecular complexity index is 1900. The van der Waals surface area contributed by atoms with Gasteiger partial charge in [0.2, 0.25) is 5.88 Å². The van der Waals surface area contributed by atoms with Crippen LogP contribution >= 0.6 is 0 Å². The van der Waals surface area contributed by atoms with E-state index in [4.69, 9.17) is 14.2 Å². The van der Waals surface area contributed by atoms with Crippen molar-refractivity contribution >= 4 is 27.5 Å². The van der Waals surface area contributed by atoms with Gasteiger partial charge in [-0.2, -0.15) is 0 Å². The molecule has 1 aromatic heterocycles. The molecule has 3 aliphatic rings. The highest BCUT2D eigenvalue weighted by molar-refractivity contribution is 7.93. The number of halogens is 2. The number of sulfonamides is 1. The van der Waals surface area contributed by atoms with E-state index in [2.05, 4.69) is 27.1 Å². The van der Waals surface area contributed by atoms with E-state index in [1.807, 2.05) is 0 Å². The van der Waals surface area contributed by atoms with Gasteiger partial charge in [-0.3, -0.25) is 19.9 Å². The number of amides is 2. The maximum atomic E-state index is 15.3. The number of pyridine rings is 1. The number of likely N-dealkylation sites (N-methyl/N-ethyl adjacent to an activating group) is 1. The zero-order valence-electron chi connectivity index (χ0n) is 29.0. The van der Waals surface area contributed by atoms with Crippen molar-refractivity contribution in [1.29, 1.82) is 0 Å². The van der Waals surface area contributed by atoms with Gasteiger partial charge in [0.05, 0.1) is 26.5 Å². The number of aromatic nitrogens is 1. The molecule has 0 bridgehead atoms. The highest BCUT2D eigenvalue weighted by Gasteiger charge is 2.63. The quantitative estimate of drug-likeness (QED) is 0.293. The van der Waals surface area contributed by atoms with Crippen molar-refractivity contribution in [2.45, 2.75) is 43.0 Å². The molecule has 1 atom stereocenters. The maximum absolute atomic E-state index is 15.3. The Kier molecular flexibility index (Phi) is 10.5. The number of nitrogens with zero attached hydrogens (tertiary/aromatic N) is 5. The zero-order chi connectivity index (χ0) is 36.5. The lowest BCUT2D eigenvalue weighted by Gasteiger charge is -2.43. The second-order valence-corrected chi connectivity index (χ2v) is 14.3. The molecule has 2 amide bonds. The summed E-state index contributed by atoms with van der Waals surface area (Å²) in [6, 6.07) is 8.27. The van der Waals surface area contributed by atoms with Crippen LogP contribution in [0.5, 0.6) is 17.4 Å². The first-order chi connectivity index (χ1) is 24.5. The third kappa shape index (κ3) is 6.38. The zero-order valence-corrected chi connectivity index (χ0v) is 29.8. The molecular weight excluding hydrogens is 686 g/mol. The summed E-state index contributed by atoms with van der Waals surface area (Å²) < 4.78 is 76.0. The van der Waals surface area contributed by atoms with Gasteiger partial charge in [-0.25, -0.2) is 31.5 Å². The van der Waals surface area contributed by atoms with Gasteiger partial charge in [-0.15, -0.1) is 0 Å². The number of rotatable bonds is 11. The first kappa shape index (κ1) is 36.4. The van der Waals surface area contributed by atoms with Gasteiger partial charge in [0, 0.05) is 74.8 Å². The van der Waals surface area contributed by atoms with E-state index in [-0.39, 0.29) is 29.5 Å². The Hall–Kier alpha value is -4.38. The molecule has 1 unspecified atom stereocenters. The van der Waals surface area contributed by atoms with Crippen LogP contribution in [-0.4, -0.2) is 113 Å². The highest BCUT2D eigenvalue weighted by Crippen LogP contribution is 2.51. The topological polar surface area (TPSA) is 134 Å². The van der Waals surface area contributed by atoms with Crippen molar-refractivity contribution in [3.63, 3.8) is 0 Å². The minimum absolute atomic E-state index is 0.0750. The predicted octanol–water partition coefficient (Wildman–Crippen LogP) is 2.93. The maximum Gasteiger partial charge on any atom is 0.274 e. The van der Waals surface area contributed by atoms with E-state index in [9.17, 15) is 13.2 Å². The number of ether oxygens (including phenoxy) is 3. The third-order valence-electron chi connectivity index (χ3n) is 9.95. The molecule has 51 heavy (non-hydrogen) atoms. The number of benzene rings is 2. The van der Waals surface area contributed by atoms with Crippen molar-refractivity contribution in [1.82, 2.24) is 25.2 Å². The third-order valence-corrected chi connectivity index (χ3v) is 11.7. The molecule has 274 valence electrons. The smallest absolute Gasteiger partial charge is 0.274 e. The number of piperazine rings is 1. The number of hydrogen-bond donors (Lipinski definition) is 1. The number of carbonyl (C=O) groups is 2. The molecule has 1 N–H and O–H groups in total. The van der Waals surface area contributed by atoms with E-state index in [1.54, 1.807) is 11.9 Å². The molecule has 0 spiro atoms. The molecule has 0 aliphatic carbocycles. The monoisotopic (exact) mass is 728 g/mol. The molecule has 0 radical (unpaired) electrons. The van der Waals surface area contributed by atoms with Crippen LogP contribution in [0.1, 0.15) is 37.8 Å². The molecular formula is C35H42F2N6O7S. The molecule has 16 heteroatoms. The Morgan fingerprint density at radius 1 is 0.961 bits per heavy atom. The molecule has 13 nitrogen and oxygen atoms in total. The van der Waals surface area contributed by atoms with Crippen molar-refractivity contribution in [2.75, 3.05) is 70.9 Å². The Labute approximate surface area is 296 Å². The minimum Gasteiger partial charge on any atom is -0.497 e. The van der Waals surface area contributed by atoms with Crippen LogP contribution < -0.4 is 23.9 Å². The molecule has 6 rings (SSSR count). The van der Waals surface area contributed by atoms with E-state index >= 15 is 13.6 Å². The number of hydrazine groups is 1. The fourth-order valence-electron chi connectivity index (χ4n) is 7.25. The summed E-state index contributed by atoms with van der Waals surface area (Å²) >= 11 is 0. The SMILES string of the molecule is CCOc1ncccc1C1(C(=O)NN2CCC(N3CCN(CC)CC3)CC2)C(=O)N(S(=O)(=O)c2ccc(OC)cc2OC)c2cc(F)c(F)cc21. The van der Waals surface area contributed by atoms with Crippen LogP contribution in [0.3, 0.4) is 0 Å². The molecule has 2 fully saturated rings. The Morgan fingerprint density at radius 2 is 1.67 bits per heavy atom. The van der Waals surface area contributed by atoms with Crippen LogP contribution in [0.2, 0.25) is 0 Å². The Morgan fingerprint density at radius 3 is 2.31 bits per heavy atom. The molecule has 3 aromatic rings. The lowest BCUT2D eigenvalue weighted by molar-refractivity contribution is -0.137. The summed E-state index contributed by atoms with van der Waals surface area (Å²) in [5, 5.41) is 1.68. The summed E-state index contributed by atoms with van der Waals surface area (Å²) in [5.74, 6) is -5.12. The second-order valence-electron chi connectivity index (χ2n) is 12.5. The van der Waals surface area contributed by atoms with Crippen LogP contribution in [0.4, 0.5) is 14.5 Å². The molecule has 4 heterocycles. The molecule has 3 aliphatic heterocycles. The number of carbonyl (C=O) groups excluding carboxylic acids is 2. The number of piperidine rings is 1. The first-order valence-electron chi connectivity index (χ1n) is 16.9. The van der Waals surface area contributed by atoms with Gasteiger partial charge in [-0.1, -0.05) is 13.0 Å². The van der Waals surface area contributed by atoms with Crippen LogP contribution in [0.15, 0.2) is 53.6 Å². The van der Waals surface area contributed by atoms with E-state index in [0.29, 0.717) is 35.6 Å². The second kappa shape index (κ2) is 14.7. The number of fused-ring (bicyclic) bond motifs is 1. The normalized spacial score (nSPS) is 20.7. The summed E-state index contributed by atoms with van der Waals surface area (Å²) in [6.45, 7) is 9.66. The van der Waals surface area contributed by atoms with E-state index in [1.165, 1.54) is 50.7 Å². The number of nitrogens with one attached hydrogen (secondary N) is 1. The largest absolute Gasteiger partial charge is 0.497 e. The first-order valence-corrected chi connectivity index (χ1v) is 18.4. The van der Waals surface area contributed by atoms with Crippen molar-refractivity contribution in [3.05, 3.63) is 71.4 Å². The molecule has 2 saturated heterocycles. The van der Waals surface area contributed by atoms with Crippen LogP contribution in [-0.2, 0) is 25.0 Å². The lowest BCUT2D eigenvalue weighted by Crippen LogP contribution is -2.60. The fourth-order valence-corrected chi connectivity index (χ4v) is 8.85. The average Bonchev–Trinajstić information content (AvgIpc) is 3.39. The fraction of sp³-hybridized carbons (Fsp3) is 0.457. The number of hydrogen-bond acceptors (Lipinski definition) is 11. The number of methoxy groups -OCH3 is 2. The summed E-state index contributed by atoms with van der Waals surface area (Å²) in [5.41, 5.74) is -0.783. The van der Waals surface area contributed by atoms with Crippen molar-refractivity contribution < 1.29 is 41.0 Å². The van der Waals surface area contributed by atoms with Gasteiger partial charge in [0.15, 0.2) is 17.0 Å². The summed E-state index contributed by atoms with van der Waals surface area (Å²) in [4.78, 5) is 38.6. The standard InChI is InChI=1S/C35H42F2N6O7S/c1-5-40-16-18-41(19-17-40)23-11-14-42(15-12-23)39-33(44)35(25-8-7-13-38-32(25)50-6-2)26-21-27(36)28(37)22-29(26)43(34(35)45)51(46,47)31-10-9-24(48-3)20-30(31)49-4/h7-10,13,20-23H,5-6,11-12,14-19H2,1-4H3,(H,39,44). The van der Waals surface area contributed by atoms with Gasteiger partial charge in [-0.05, 0) is 50.6 Å². The van der Waals surface area contributed by atoms with Crippen molar-refractivity contribution in [3.8, 4) is 17.4 Å². The van der Waals surface area contributed by atoms with Crippen LogP contribution in [0, 0.1) is 11.6 Å². The van der Waals surface area contributed by atoms with E-state index in [0.717, 1.165) is 45.6 Å². The highest BCUT2D eigenvalue weighted by atomic mass is 32.2. The minimum atomic E-state index is -4.94. The predicted molar refractivity (Wildman–Crippen MR) is 183 cm³/mol. The lowest BCUT2D eigenvalue weighted by atomic mass is 9.74. The van der Waals surface area contributed by atoms with Gasteiger partial charge < -0.3 is 19.1 Å². The average molecular weight is 729 g/mol. The summed E-state index contributed by atoms with van der Waals surface area (Å²) in [6.07, 6.45) is 2.85. The number of anilines is 1. The molecule has 0 saturated carbocycles. The Balaban J connectivity index is 1.44.